The van der Waals surface area contributed by atoms with Crippen molar-refractivity contribution in [2.75, 3.05) is 6.79 Å². The molecule has 3 rings (SSSR count). The first-order chi connectivity index (χ1) is 13.0. The van der Waals surface area contributed by atoms with Gasteiger partial charge in [-0.1, -0.05) is 36.8 Å². The second-order valence-corrected chi connectivity index (χ2v) is 6.23. The van der Waals surface area contributed by atoms with Crippen molar-refractivity contribution in [3.8, 4) is 11.5 Å². The number of ether oxygens (including phenoxy) is 2. The summed E-state index contributed by atoms with van der Waals surface area (Å²) in [6, 6.07) is 10.6. The summed E-state index contributed by atoms with van der Waals surface area (Å²) in [4.78, 5) is 23.1. The third-order valence-electron chi connectivity index (χ3n) is 4.34. The number of benzene rings is 2. The summed E-state index contributed by atoms with van der Waals surface area (Å²) in [7, 11) is 0. The maximum atomic E-state index is 12.3. The number of carbonyl (C=O) groups is 1. The van der Waals surface area contributed by atoms with Crippen LogP contribution in [0.1, 0.15) is 36.1 Å². The number of hydrogen-bond acceptors (Lipinski definition) is 5. The Labute approximate surface area is 156 Å². The highest BCUT2D eigenvalue weighted by atomic mass is 16.7. The standard InChI is InChI=1S/C20H20N2O5/c1-3-16(14-6-4-13(2)5-7-14)21-20(23)9-8-15-10-18-19(27-12-26-18)11-17(15)22(24)25/h4-11,16H,3,12H2,1-2H3,(H,21,23)/b9-8+/t16-/m0/s1. The van der Waals surface area contributed by atoms with Crippen molar-refractivity contribution in [2.45, 2.75) is 26.3 Å². The summed E-state index contributed by atoms with van der Waals surface area (Å²) in [5.74, 6) is 0.426. The lowest BCUT2D eigenvalue weighted by Crippen LogP contribution is -2.26. The maximum absolute atomic E-state index is 12.3. The average molecular weight is 368 g/mol. The van der Waals surface area contributed by atoms with Crippen LogP contribution in [0.25, 0.3) is 6.08 Å². The first-order valence-electron chi connectivity index (χ1n) is 8.61. The molecule has 1 amide bonds. The number of nitrogens with zero attached hydrogens (tertiary/aromatic N) is 1. The minimum atomic E-state index is -0.513. The summed E-state index contributed by atoms with van der Waals surface area (Å²) >= 11 is 0. The summed E-state index contributed by atoms with van der Waals surface area (Å²) in [5, 5.41) is 14.2. The van der Waals surface area contributed by atoms with E-state index in [9.17, 15) is 14.9 Å². The van der Waals surface area contributed by atoms with E-state index in [0.717, 1.165) is 17.5 Å². The third kappa shape index (κ3) is 4.25. The van der Waals surface area contributed by atoms with Crippen LogP contribution >= 0.6 is 0 Å². The van der Waals surface area contributed by atoms with E-state index >= 15 is 0 Å². The summed E-state index contributed by atoms with van der Waals surface area (Å²) in [6.07, 6.45) is 3.44. The van der Waals surface area contributed by atoms with Crippen molar-refractivity contribution in [3.05, 3.63) is 69.3 Å². The zero-order chi connectivity index (χ0) is 19.4. The van der Waals surface area contributed by atoms with E-state index in [0.29, 0.717) is 11.5 Å². The first kappa shape index (κ1) is 18.4. The molecule has 1 aliphatic heterocycles. The molecule has 0 spiro atoms. The quantitative estimate of drug-likeness (QED) is 0.474. The number of amides is 1. The van der Waals surface area contributed by atoms with Crippen molar-refractivity contribution in [2.24, 2.45) is 0 Å². The number of fused-ring (bicyclic) bond motifs is 1. The van der Waals surface area contributed by atoms with Crippen molar-refractivity contribution in [1.29, 1.82) is 0 Å². The Balaban J connectivity index is 1.76. The zero-order valence-electron chi connectivity index (χ0n) is 15.1. The van der Waals surface area contributed by atoms with Crippen LogP contribution in [0.3, 0.4) is 0 Å². The van der Waals surface area contributed by atoms with Gasteiger partial charge in [0.1, 0.15) is 0 Å². The lowest BCUT2D eigenvalue weighted by atomic mass is 10.0. The molecule has 2 aromatic carbocycles. The van der Waals surface area contributed by atoms with Crippen LogP contribution in [0.15, 0.2) is 42.5 Å². The molecule has 27 heavy (non-hydrogen) atoms. The van der Waals surface area contributed by atoms with E-state index in [2.05, 4.69) is 5.32 Å². The molecule has 0 aromatic heterocycles. The number of nitrogens with one attached hydrogen (secondary N) is 1. The molecule has 7 heteroatoms. The molecule has 0 bridgehead atoms. The molecule has 0 fully saturated rings. The molecule has 1 atom stereocenters. The smallest absolute Gasteiger partial charge is 0.280 e. The first-order valence-corrected chi connectivity index (χ1v) is 8.61. The zero-order valence-corrected chi connectivity index (χ0v) is 15.1. The van der Waals surface area contributed by atoms with Gasteiger partial charge in [0.05, 0.1) is 22.6 Å². The largest absolute Gasteiger partial charge is 0.454 e. The van der Waals surface area contributed by atoms with E-state index in [1.54, 1.807) is 0 Å². The lowest BCUT2D eigenvalue weighted by molar-refractivity contribution is -0.385. The topological polar surface area (TPSA) is 90.7 Å². The van der Waals surface area contributed by atoms with Gasteiger partial charge in [-0.05, 0) is 31.1 Å². The Morgan fingerprint density at radius 3 is 2.56 bits per heavy atom. The predicted octanol–water partition coefficient (Wildman–Crippen LogP) is 3.91. The fourth-order valence-electron chi connectivity index (χ4n) is 2.84. The van der Waals surface area contributed by atoms with Crippen LogP contribution in [-0.4, -0.2) is 17.6 Å². The molecule has 0 unspecified atom stereocenters. The van der Waals surface area contributed by atoms with Crippen molar-refractivity contribution >= 4 is 17.7 Å². The van der Waals surface area contributed by atoms with Crippen molar-refractivity contribution in [1.82, 2.24) is 5.32 Å². The fraction of sp³-hybridized carbons (Fsp3) is 0.250. The van der Waals surface area contributed by atoms with Crippen molar-refractivity contribution < 1.29 is 19.2 Å². The summed E-state index contributed by atoms with van der Waals surface area (Å²) in [5.41, 5.74) is 2.30. The SMILES string of the molecule is CC[C@H](NC(=O)/C=C/c1cc2c(cc1[N+](=O)[O-])OCO2)c1ccc(C)cc1. The Hall–Kier alpha value is -3.35. The number of aryl methyl sites for hydroxylation is 1. The molecular weight excluding hydrogens is 348 g/mol. The average Bonchev–Trinajstić information content (AvgIpc) is 3.11. The molecule has 1 N–H and O–H groups in total. The van der Waals surface area contributed by atoms with Crippen LogP contribution in [0.2, 0.25) is 0 Å². The molecule has 0 radical (unpaired) electrons. The molecule has 1 aliphatic rings. The van der Waals surface area contributed by atoms with Crippen LogP contribution in [0, 0.1) is 17.0 Å². The number of nitro groups is 1. The highest BCUT2D eigenvalue weighted by Crippen LogP contribution is 2.38. The van der Waals surface area contributed by atoms with Crippen molar-refractivity contribution in [3.63, 3.8) is 0 Å². The minimum absolute atomic E-state index is 0.0227. The van der Waals surface area contributed by atoms with Crippen LogP contribution < -0.4 is 14.8 Å². The molecule has 1 heterocycles. The summed E-state index contributed by atoms with van der Waals surface area (Å²) < 4.78 is 10.4. The highest BCUT2D eigenvalue weighted by Gasteiger charge is 2.22. The van der Waals surface area contributed by atoms with Crippen LogP contribution in [0.5, 0.6) is 11.5 Å². The lowest BCUT2D eigenvalue weighted by Gasteiger charge is -2.16. The molecule has 0 saturated heterocycles. The highest BCUT2D eigenvalue weighted by molar-refractivity contribution is 5.92. The second kappa shape index (κ2) is 7.90. The van der Waals surface area contributed by atoms with E-state index in [1.807, 2.05) is 38.1 Å². The van der Waals surface area contributed by atoms with Crippen LogP contribution in [-0.2, 0) is 4.79 Å². The molecule has 0 aliphatic carbocycles. The third-order valence-corrected chi connectivity index (χ3v) is 4.34. The Morgan fingerprint density at radius 2 is 1.93 bits per heavy atom. The van der Waals surface area contributed by atoms with Gasteiger partial charge in [0.2, 0.25) is 12.7 Å². The van der Waals surface area contributed by atoms with Gasteiger partial charge in [-0.15, -0.1) is 0 Å². The number of rotatable bonds is 6. The molecular formula is C20H20N2O5. The van der Waals surface area contributed by atoms with Gasteiger partial charge in [0.25, 0.3) is 5.69 Å². The van der Waals surface area contributed by atoms with Crippen LogP contribution in [0.4, 0.5) is 5.69 Å². The van der Waals surface area contributed by atoms with Gasteiger partial charge in [-0.25, -0.2) is 0 Å². The van der Waals surface area contributed by atoms with E-state index in [1.165, 1.54) is 24.3 Å². The number of hydrogen-bond donors (Lipinski definition) is 1. The Kier molecular flexibility index (Phi) is 5.40. The van der Waals surface area contributed by atoms with Gasteiger partial charge in [-0.3, -0.25) is 14.9 Å². The Bertz CT molecular complexity index is 890. The van der Waals surface area contributed by atoms with E-state index in [-0.39, 0.29) is 30.0 Å². The fourth-order valence-corrected chi connectivity index (χ4v) is 2.84. The Morgan fingerprint density at radius 1 is 1.26 bits per heavy atom. The van der Waals surface area contributed by atoms with Gasteiger partial charge in [0, 0.05) is 6.08 Å². The van der Waals surface area contributed by atoms with E-state index < -0.39 is 4.92 Å². The number of nitro benzene ring substituents is 1. The van der Waals surface area contributed by atoms with Gasteiger partial charge in [0.15, 0.2) is 11.5 Å². The number of carbonyl (C=O) groups excluding carboxylic acids is 1. The molecule has 2 aromatic rings. The monoisotopic (exact) mass is 368 g/mol. The molecule has 7 nitrogen and oxygen atoms in total. The van der Waals surface area contributed by atoms with Gasteiger partial charge in [-0.2, -0.15) is 0 Å². The second-order valence-electron chi connectivity index (χ2n) is 6.23. The summed E-state index contributed by atoms with van der Waals surface area (Å²) in [6.45, 7) is 4.01. The minimum Gasteiger partial charge on any atom is -0.454 e. The molecule has 140 valence electrons. The van der Waals surface area contributed by atoms with Gasteiger partial charge < -0.3 is 14.8 Å². The predicted molar refractivity (Wildman–Crippen MR) is 101 cm³/mol. The van der Waals surface area contributed by atoms with Gasteiger partial charge >= 0.3 is 0 Å². The van der Waals surface area contributed by atoms with E-state index in [4.69, 9.17) is 9.47 Å². The maximum Gasteiger partial charge on any atom is 0.280 e. The molecule has 0 saturated carbocycles. The normalized spacial score (nSPS) is 13.6.